The van der Waals surface area contributed by atoms with Gasteiger partial charge in [0.05, 0.1) is 12.2 Å². The minimum absolute atomic E-state index is 0.489. The molecule has 0 spiro atoms. The molecule has 0 N–H and O–H groups in total. The molecule has 0 bridgehead atoms. The van der Waals surface area contributed by atoms with Crippen molar-refractivity contribution in [2.45, 2.75) is 65.1 Å². The maximum Gasteiger partial charge on any atom is 0.0863 e. The quantitative estimate of drug-likeness (QED) is 0.578. The van der Waals surface area contributed by atoms with Crippen molar-refractivity contribution < 1.29 is 9.47 Å². The largest absolute Gasteiger partial charge is 0.385 e. The van der Waals surface area contributed by atoms with Crippen LogP contribution in [0.2, 0.25) is 0 Å². The van der Waals surface area contributed by atoms with E-state index >= 15 is 0 Å². The Hall–Kier alpha value is -0.0800. The summed E-state index contributed by atoms with van der Waals surface area (Å²) in [6.45, 7) is 7.80. The first-order chi connectivity index (χ1) is 7.15. The summed E-state index contributed by atoms with van der Waals surface area (Å²) in [5, 5.41) is 0. The third kappa shape index (κ3) is 4.12. The lowest BCUT2D eigenvalue weighted by Gasteiger charge is -2.26. The van der Waals surface area contributed by atoms with Crippen molar-refractivity contribution in [3.8, 4) is 0 Å². The molecule has 2 atom stereocenters. The van der Waals surface area contributed by atoms with Crippen molar-refractivity contribution in [2.75, 3.05) is 13.7 Å². The van der Waals surface area contributed by atoms with Crippen LogP contribution in [0.25, 0.3) is 0 Å². The second-order valence-electron chi connectivity index (χ2n) is 5.05. The van der Waals surface area contributed by atoms with Gasteiger partial charge in [-0.15, -0.1) is 0 Å². The highest BCUT2D eigenvalue weighted by molar-refractivity contribution is 4.86. The Morgan fingerprint density at radius 3 is 2.27 bits per heavy atom. The smallest absolute Gasteiger partial charge is 0.0863 e. The molecule has 15 heavy (non-hydrogen) atoms. The molecule has 1 rings (SSSR count). The highest BCUT2D eigenvalue weighted by Crippen LogP contribution is 2.37. The molecule has 1 saturated heterocycles. The number of methoxy groups -OCH3 is 1. The van der Waals surface area contributed by atoms with E-state index in [0.717, 1.165) is 13.0 Å². The summed E-state index contributed by atoms with van der Waals surface area (Å²) in [5.74, 6) is 0. The predicted molar refractivity (Wildman–Crippen MR) is 63.1 cm³/mol. The number of rotatable bonds is 8. The molecule has 0 amide bonds. The van der Waals surface area contributed by atoms with Crippen LogP contribution in [-0.4, -0.2) is 25.9 Å². The zero-order chi connectivity index (χ0) is 11.3. The van der Waals surface area contributed by atoms with E-state index < -0.39 is 0 Å². The predicted octanol–water partition coefficient (Wildman–Crippen LogP) is 3.40. The van der Waals surface area contributed by atoms with Gasteiger partial charge >= 0.3 is 0 Å². The number of epoxide rings is 1. The van der Waals surface area contributed by atoms with Crippen LogP contribution in [0.5, 0.6) is 0 Å². The Morgan fingerprint density at radius 1 is 1.13 bits per heavy atom. The van der Waals surface area contributed by atoms with E-state index in [9.17, 15) is 0 Å². The molecule has 0 saturated carbocycles. The van der Waals surface area contributed by atoms with Crippen LogP contribution in [0.3, 0.4) is 0 Å². The topological polar surface area (TPSA) is 21.8 Å². The van der Waals surface area contributed by atoms with Crippen molar-refractivity contribution in [3.63, 3.8) is 0 Å². The SMILES string of the molecule is CCC(C)(CC)CCC1OC1CCOC. The summed E-state index contributed by atoms with van der Waals surface area (Å²) in [4.78, 5) is 0. The molecular weight excluding hydrogens is 188 g/mol. The number of ether oxygens (including phenoxy) is 2. The van der Waals surface area contributed by atoms with Gasteiger partial charge < -0.3 is 9.47 Å². The van der Waals surface area contributed by atoms with Gasteiger partial charge in [0.1, 0.15) is 0 Å². The highest BCUT2D eigenvalue weighted by atomic mass is 16.6. The van der Waals surface area contributed by atoms with Crippen LogP contribution in [-0.2, 0) is 9.47 Å². The maximum absolute atomic E-state index is 5.62. The van der Waals surface area contributed by atoms with E-state index in [-0.39, 0.29) is 0 Å². The van der Waals surface area contributed by atoms with E-state index in [2.05, 4.69) is 20.8 Å². The molecule has 0 aromatic rings. The van der Waals surface area contributed by atoms with Crippen molar-refractivity contribution in [1.29, 1.82) is 0 Å². The molecule has 90 valence electrons. The fraction of sp³-hybridized carbons (Fsp3) is 1.00. The molecule has 1 heterocycles. The summed E-state index contributed by atoms with van der Waals surface area (Å²) in [6.07, 6.45) is 7.16. The van der Waals surface area contributed by atoms with Gasteiger partial charge in [-0.2, -0.15) is 0 Å². The van der Waals surface area contributed by atoms with E-state index in [1.807, 2.05) is 0 Å². The first-order valence-corrected chi connectivity index (χ1v) is 6.29. The van der Waals surface area contributed by atoms with Crippen LogP contribution in [0, 0.1) is 5.41 Å². The third-order valence-corrected chi connectivity index (χ3v) is 4.03. The van der Waals surface area contributed by atoms with E-state index in [0.29, 0.717) is 17.6 Å². The summed E-state index contributed by atoms with van der Waals surface area (Å²) in [5.41, 5.74) is 0.526. The molecular formula is C13H26O2. The van der Waals surface area contributed by atoms with Crippen molar-refractivity contribution in [3.05, 3.63) is 0 Å². The molecule has 0 aromatic carbocycles. The minimum atomic E-state index is 0.489. The number of hydrogen-bond donors (Lipinski definition) is 0. The van der Waals surface area contributed by atoms with Gasteiger partial charge in [0.15, 0.2) is 0 Å². The van der Waals surface area contributed by atoms with Crippen molar-refractivity contribution >= 4 is 0 Å². The summed E-state index contributed by atoms with van der Waals surface area (Å²) in [6, 6.07) is 0. The standard InChI is InChI=1S/C13H26O2/c1-5-13(3,6-2)9-7-11-12(15-11)8-10-14-4/h11-12H,5-10H2,1-4H3. The second-order valence-corrected chi connectivity index (χ2v) is 5.05. The Kier molecular flexibility index (Phi) is 5.07. The molecule has 0 aliphatic carbocycles. The van der Waals surface area contributed by atoms with Crippen molar-refractivity contribution in [2.24, 2.45) is 5.41 Å². The lowest BCUT2D eigenvalue weighted by molar-refractivity contribution is 0.184. The van der Waals surface area contributed by atoms with Crippen LogP contribution in [0.15, 0.2) is 0 Å². The number of hydrogen-bond acceptors (Lipinski definition) is 2. The van der Waals surface area contributed by atoms with Gasteiger partial charge in [0.25, 0.3) is 0 Å². The average Bonchev–Trinajstić information content (AvgIpc) is 3.02. The highest BCUT2D eigenvalue weighted by Gasteiger charge is 2.38. The zero-order valence-corrected chi connectivity index (χ0v) is 10.7. The fourth-order valence-electron chi connectivity index (χ4n) is 2.02. The molecule has 1 aliphatic rings. The summed E-state index contributed by atoms with van der Waals surface area (Å²) in [7, 11) is 1.75. The Balaban J connectivity index is 2.12. The summed E-state index contributed by atoms with van der Waals surface area (Å²) >= 11 is 0. The normalized spacial score (nSPS) is 25.6. The summed E-state index contributed by atoms with van der Waals surface area (Å²) < 4.78 is 10.7. The lowest BCUT2D eigenvalue weighted by Crippen LogP contribution is -2.15. The molecule has 2 heteroatoms. The Morgan fingerprint density at radius 2 is 1.73 bits per heavy atom. The van der Waals surface area contributed by atoms with Gasteiger partial charge in [-0.25, -0.2) is 0 Å². The van der Waals surface area contributed by atoms with Gasteiger partial charge in [-0.3, -0.25) is 0 Å². The zero-order valence-electron chi connectivity index (χ0n) is 10.7. The van der Waals surface area contributed by atoms with Crippen molar-refractivity contribution in [1.82, 2.24) is 0 Å². The first kappa shape index (κ1) is 13.0. The van der Waals surface area contributed by atoms with Gasteiger partial charge in [0.2, 0.25) is 0 Å². The van der Waals surface area contributed by atoms with Crippen LogP contribution in [0.4, 0.5) is 0 Å². The minimum Gasteiger partial charge on any atom is -0.385 e. The molecule has 0 aromatic heterocycles. The first-order valence-electron chi connectivity index (χ1n) is 6.29. The third-order valence-electron chi connectivity index (χ3n) is 4.03. The molecule has 1 aliphatic heterocycles. The molecule has 0 radical (unpaired) electrons. The van der Waals surface area contributed by atoms with E-state index in [4.69, 9.17) is 9.47 Å². The molecule has 2 nitrogen and oxygen atoms in total. The Labute approximate surface area is 94.3 Å². The van der Waals surface area contributed by atoms with Gasteiger partial charge in [-0.05, 0) is 24.7 Å². The second kappa shape index (κ2) is 5.86. The lowest BCUT2D eigenvalue weighted by atomic mass is 9.80. The molecule has 1 fully saturated rings. The molecule has 2 unspecified atom stereocenters. The van der Waals surface area contributed by atoms with Crippen LogP contribution in [0.1, 0.15) is 52.9 Å². The fourth-order valence-corrected chi connectivity index (χ4v) is 2.02. The Bertz CT molecular complexity index is 175. The van der Waals surface area contributed by atoms with Crippen LogP contribution >= 0.6 is 0 Å². The van der Waals surface area contributed by atoms with E-state index in [1.165, 1.54) is 25.7 Å². The van der Waals surface area contributed by atoms with Gasteiger partial charge in [-0.1, -0.05) is 33.6 Å². The average molecular weight is 214 g/mol. The monoisotopic (exact) mass is 214 g/mol. The van der Waals surface area contributed by atoms with E-state index in [1.54, 1.807) is 7.11 Å². The maximum atomic E-state index is 5.62. The van der Waals surface area contributed by atoms with Crippen LogP contribution < -0.4 is 0 Å². The van der Waals surface area contributed by atoms with Gasteiger partial charge in [0, 0.05) is 13.7 Å².